The van der Waals surface area contributed by atoms with Gasteiger partial charge in [-0.05, 0) is 137 Å². The summed E-state index contributed by atoms with van der Waals surface area (Å²) in [6, 6.07) is 3.67. The molecule has 2 aliphatic carbocycles. The van der Waals surface area contributed by atoms with E-state index in [2.05, 4.69) is 25.2 Å². The van der Waals surface area contributed by atoms with E-state index >= 15 is 9.59 Å². The number of phenols is 2. The van der Waals surface area contributed by atoms with Gasteiger partial charge in [0, 0.05) is 12.7 Å². The summed E-state index contributed by atoms with van der Waals surface area (Å²) in [6.07, 6.45) is 15.1. The second-order valence-electron chi connectivity index (χ2n) is 16.2. The molecule has 2 saturated carbocycles. The van der Waals surface area contributed by atoms with Crippen molar-refractivity contribution < 1.29 is 34.4 Å². The molecule has 2 bridgehead atoms. The third-order valence-corrected chi connectivity index (χ3v) is 11.2. The summed E-state index contributed by atoms with van der Waals surface area (Å²) in [4.78, 5) is 45.7. The predicted octanol–water partition coefficient (Wildman–Crippen LogP) is 10.3. The number of hydrogen-bond donors (Lipinski definition) is 3. The van der Waals surface area contributed by atoms with Crippen LogP contribution in [-0.2, 0) is 19.1 Å². The van der Waals surface area contributed by atoms with E-state index in [1.807, 2.05) is 80.5 Å². The molecule has 3 rings (SSSR count). The van der Waals surface area contributed by atoms with Crippen LogP contribution in [0.3, 0.4) is 0 Å². The Kier molecular flexibility index (Phi) is 13.1. The first-order valence-corrected chi connectivity index (χ1v) is 18.1. The Bertz CT molecular complexity index is 1700. The van der Waals surface area contributed by atoms with Crippen LogP contribution in [0.1, 0.15) is 120 Å². The number of hydrogen-bond acceptors (Lipinski definition) is 7. The van der Waals surface area contributed by atoms with Gasteiger partial charge >= 0.3 is 0 Å². The van der Waals surface area contributed by atoms with Crippen LogP contribution in [0.2, 0.25) is 0 Å². The van der Waals surface area contributed by atoms with Crippen LogP contribution in [-0.4, -0.2) is 45.4 Å². The van der Waals surface area contributed by atoms with Gasteiger partial charge in [0.2, 0.25) is 0 Å². The van der Waals surface area contributed by atoms with Crippen molar-refractivity contribution in [3.8, 4) is 11.5 Å². The van der Waals surface area contributed by atoms with E-state index < -0.39 is 56.2 Å². The van der Waals surface area contributed by atoms with E-state index in [4.69, 9.17) is 4.74 Å². The quantitative estimate of drug-likeness (QED) is 0.0441. The number of ether oxygens (including phenoxy) is 1. The number of benzene rings is 1. The van der Waals surface area contributed by atoms with Crippen LogP contribution >= 0.6 is 0 Å². The maximum absolute atomic E-state index is 15.4. The molecule has 7 heteroatoms. The minimum atomic E-state index is -1.65. The number of ketones is 3. The molecule has 51 heavy (non-hydrogen) atoms. The van der Waals surface area contributed by atoms with E-state index in [1.54, 1.807) is 7.11 Å². The van der Waals surface area contributed by atoms with Crippen molar-refractivity contribution in [2.75, 3.05) is 7.11 Å². The van der Waals surface area contributed by atoms with Crippen molar-refractivity contribution in [3.05, 3.63) is 88.1 Å². The third-order valence-electron chi connectivity index (χ3n) is 11.2. The molecular weight excluding hydrogens is 640 g/mol. The molecule has 0 spiro atoms. The van der Waals surface area contributed by atoms with Gasteiger partial charge in [-0.1, -0.05) is 65.7 Å². The number of rotatable bonds is 14. The van der Waals surface area contributed by atoms with Gasteiger partial charge in [0.05, 0.1) is 11.0 Å². The predicted molar refractivity (Wildman–Crippen MR) is 205 cm³/mol. The maximum Gasteiger partial charge on any atom is 0.184 e. The molecule has 1 aromatic carbocycles. The highest BCUT2D eigenvalue weighted by Crippen LogP contribution is 2.67. The lowest BCUT2D eigenvalue weighted by molar-refractivity contribution is -0.178. The molecule has 3 N–H and O–H groups in total. The minimum Gasteiger partial charge on any atom is -0.506 e. The molecule has 278 valence electrons. The average molecular weight is 701 g/mol. The largest absolute Gasteiger partial charge is 0.506 e. The number of methoxy groups -OCH3 is 1. The molecule has 0 saturated heterocycles. The first-order valence-electron chi connectivity index (χ1n) is 18.1. The van der Waals surface area contributed by atoms with E-state index in [0.29, 0.717) is 25.7 Å². The number of carbonyl (C=O) groups is 3. The molecule has 0 aliphatic heterocycles. The van der Waals surface area contributed by atoms with Crippen molar-refractivity contribution >= 4 is 23.1 Å². The standard InChI is InChI=1S/C44H60O7/c1-28(2)14-12-23-42(10)33(18-16-31(7)15-13-22-41(8,9)51-11)27-43(24-20-29(3)4)38(48)36(37(47)32-17-19-34(45)35(46)26-32)39(49)44(42,40(43)50)25-21-30(5)6/h13-14,16-17,19-22,26,33,45-47H,12,15,18,23-25,27H2,1-11H3/b22-13+,31-16+,37-36-/t33-,42+,43+,44-/m1/s1. The number of aliphatic hydroxyl groups excluding tert-OH is 1. The molecule has 0 aromatic heterocycles. The zero-order valence-electron chi connectivity index (χ0n) is 32.7. The van der Waals surface area contributed by atoms with E-state index in [-0.39, 0.29) is 36.5 Å². The molecule has 0 radical (unpaired) electrons. The van der Waals surface area contributed by atoms with Crippen LogP contribution in [0.25, 0.3) is 5.76 Å². The molecule has 0 amide bonds. The monoisotopic (exact) mass is 700 g/mol. The van der Waals surface area contributed by atoms with Crippen LogP contribution in [0.15, 0.2) is 82.5 Å². The van der Waals surface area contributed by atoms with Gasteiger partial charge in [-0.15, -0.1) is 0 Å². The molecule has 0 heterocycles. The first kappa shape index (κ1) is 41.5. The molecule has 1 aromatic rings. The number of aromatic hydroxyl groups is 2. The molecular formula is C44H60O7. The minimum absolute atomic E-state index is 0.00945. The summed E-state index contributed by atoms with van der Waals surface area (Å²) in [5.74, 6) is -3.45. The Labute approximate surface area is 305 Å². The van der Waals surface area contributed by atoms with Crippen LogP contribution in [0.4, 0.5) is 0 Å². The van der Waals surface area contributed by atoms with Gasteiger partial charge in [-0.25, -0.2) is 0 Å². The summed E-state index contributed by atoms with van der Waals surface area (Å²) in [7, 11) is 1.68. The van der Waals surface area contributed by atoms with Crippen molar-refractivity contribution in [2.45, 2.75) is 120 Å². The Morgan fingerprint density at radius 3 is 2.06 bits per heavy atom. The summed E-state index contributed by atoms with van der Waals surface area (Å²) in [6.45, 7) is 19.8. The van der Waals surface area contributed by atoms with Gasteiger partial charge in [0.15, 0.2) is 28.8 Å². The zero-order valence-corrected chi connectivity index (χ0v) is 32.7. The number of Topliss-reactive ketones (excluding diaryl/α,β-unsaturated/α-hetero) is 3. The highest BCUT2D eigenvalue weighted by Gasteiger charge is 2.74. The second kappa shape index (κ2) is 16.1. The van der Waals surface area contributed by atoms with Crippen LogP contribution < -0.4 is 0 Å². The smallest absolute Gasteiger partial charge is 0.184 e. The van der Waals surface area contributed by atoms with Gasteiger partial charge in [-0.3, -0.25) is 14.4 Å². The highest BCUT2D eigenvalue weighted by molar-refractivity contribution is 6.41. The SMILES string of the molecule is COC(C)(C)/C=C/C/C(C)=C/C[C@@H]1C[C@@]2(CC=C(C)C)C(=O)/C(=C(/O)c3ccc(O)c(O)c3)C(=O)[C@](CC=C(C)C)(C2=O)[C@@]1(C)CCC=C(C)C. The van der Waals surface area contributed by atoms with Crippen LogP contribution in [0.5, 0.6) is 11.5 Å². The Hall–Kier alpha value is -3.97. The maximum atomic E-state index is 15.4. The molecule has 7 nitrogen and oxygen atoms in total. The lowest BCUT2D eigenvalue weighted by Gasteiger charge is -2.61. The summed E-state index contributed by atoms with van der Waals surface area (Å²) in [5.41, 5.74) is -0.805. The zero-order chi connectivity index (χ0) is 38.5. The Morgan fingerprint density at radius 1 is 0.882 bits per heavy atom. The Morgan fingerprint density at radius 2 is 1.49 bits per heavy atom. The van der Waals surface area contributed by atoms with Crippen molar-refractivity contribution in [1.82, 2.24) is 0 Å². The number of fused-ring (bicyclic) bond motifs is 2. The molecule has 4 atom stereocenters. The van der Waals surface area contributed by atoms with Gasteiger partial charge in [-0.2, -0.15) is 0 Å². The fourth-order valence-electron chi connectivity index (χ4n) is 7.77. The van der Waals surface area contributed by atoms with E-state index in [0.717, 1.165) is 28.4 Å². The highest BCUT2D eigenvalue weighted by atomic mass is 16.5. The number of carbonyl (C=O) groups excluding carboxylic acids is 3. The van der Waals surface area contributed by atoms with Crippen molar-refractivity contribution in [3.63, 3.8) is 0 Å². The summed E-state index contributed by atoms with van der Waals surface area (Å²) >= 11 is 0. The van der Waals surface area contributed by atoms with Crippen LogP contribution in [0, 0.1) is 22.2 Å². The number of aliphatic hydroxyl groups is 1. The fraction of sp³-hybridized carbons (Fsp3) is 0.523. The lowest BCUT2D eigenvalue weighted by Crippen LogP contribution is -2.70. The topological polar surface area (TPSA) is 121 Å². The summed E-state index contributed by atoms with van der Waals surface area (Å²) < 4.78 is 5.53. The van der Waals surface area contributed by atoms with E-state index in [9.17, 15) is 20.1 Å². The number of phenolic OH excluding ortho intramolecular Hbond substituents is 2. The number of allylic oxidation sites excluding steroid dienone is 10. The van der Waals surface area contributed by atoms with Crippen molar-refractivity contribution in [2.24, 2.45) is 22.2 Å². The van der Waals surface area contributed by atoms with Gasteiger partial charge in [0.25, 0.3) is 0 Å². The van der Waals surface area contributed by atoms with E-state index in [1.165, 1.54) is 12.1 Å². The normalized spacial score (nSPS) is 26.3. The average Bonchev–Trinajstić information content (AvgIpc) is 3.04. The molecule has 0 unspecified atom stereocenters. The Balaban J connectivity index is 2.41. The second-order valence-corrected chi connectivity index (χ2v) is 16.2. The lowest BCUT2D eigenvalue weighted by atomic mass is 9.37. The van der Waals surface area contributed by atoms with Gasteiger partial charge < -0.3 is 20.1 Å². The summed E-state index contributed by atoms with van der Waals surface area (Å²) in [5, 5.41) is 32.1. The fourth-order valence-corrected chi connectivity index (χ4v) is 7.77. The molecule has 2 fully saturated rings. The van der Waals surface area contributed by atoms with Gasteiger partial charge in [0.1, 0.15) is 16.7 Å². The third kappa shape index (κ3) is 8.41. The van der Waals surface area contributed by atoms with Crippen molar-refractivity contribution in [1.29, 1.82) is 0 Å². The first-order chi connectivity index (χ1) is 23.7. The molecule has 2 aliphatic rings.